The maximum Gasteiger partial charge on any atom is 0.322 e. The summed E-state index contributed by atoms with van der Waals surface area (Å²) in [7, 11) is 0. The van der Waals surface area contributed by atoms with Crippen LogP contribution in [0.1, 0.15) is 24.5 Å². The molecule has 1 atom stereocenters. The summed E-state index contributed by atoms with van der Waals surface area (Å²) in [6.07, 6.45) is 2.75. The summed E-state index contributed by atoms with van der Waals surface area (Å²) in [6, 6.07) is 11.5. The van der Waals surface area contributed by atoms with Crippen molar-refractivity contribution in [2.45, 2.75) is 32.7 Å². The zero-order valence-electron chi connectivity index (χ0n) is 14.5. The second kappa shape index (κ2) is 7.34. The zero-order valence-corrected chi connectivity index (χ0v) is 14.5. The summed E-state index contributed by atoms with van der Waals surface area (Å²) in [5.41, 5.74) is 3.15. The first-order chi connectivity index (χ1) is 12.0. The molecule has 1 aromatic carbocycles. The molecule has 2 heterocycles. The van der Waals surface area contributed by atoms with Crippen LogP contribution in [0.25, 0.3) is 0 Å². The van der Waals surface area contributed by atoms with Crippen LogP contribution in [0.15, 0.2) is 42.6 Å². The Morgan fingerprint density at radius 3 is 2.80 bits per heavy atom. The fourth-order valence-electron chi connectivity index (χ4n) is 2.99. The topological polar surface area (TPSA) is 74.3 Å². The Hall–Kier alpha value is -2.89. The zero-order chi connectivity index (χ0) is 17.8. The highest BCUT2D eigenvalue weighted by Crippen LogP contribution is 2.31. The Morgan fingerprint density at radius 1 is 1.24 bits per heavy atom. The molecule has 2 N–H and O–H groups in total. The third kappa shape index (κ3) is 3.96. The molecule has 3 rings (SSSR count). The fraction of sp³-hybridized carbons (Fsp3) is 0.316. The average molecular weight is 338 g/mol. The lowest BCUT2D eigenvalue weighted by Gasteiger charge is -2.23. The number of fused-ring (bicyclic) bond motifs is 1. The number of aryl methyl sites for hydroxylation is 1. The van der Waals surface area contributed by atoms with Gasteiger partial charge in [0.25, 0.3) is 0 Å². The second-order valence-electron chi connectivity index (χ2n) is 6.30. The van der Waals surface area contributed by atoms with Gasteiger partial charge in [-0.3, -0.25) is 9.69 Å². The Morgan fingerprint density at radius 2 is 2.04 bits per heavy atom. The molecule has 1 aliphatic heterocycles. The van der Waals surface area contributed by atoms with Gasteiger partial charge >= 0.3 is 6.03 Å². The van der Waals surface area contributed by atoms with Gasteiger partial charge in [0.1, 0.15) is 5.82 Å². The van der Waals surface area contributed by atoms with Gasteiger partial charge in [0.05, 0.1) is 0 Å². The van der Waals surface area contributed by atoms with Gasteiger partial charge in [-0.2, -0.15) is 0 Å². The molecule has 0 aliphatic carbocycles. The number of carbonyl (C=O) groups is 2. The number of benzene rings is 1. The Kier molecular flexibility index (Phi) is 4.97. The highest BCUT2D eigenvalue weighted by molar-refractivity contribution is 5.95. The number of hydrogen-bond acceptors (Lipinski definition) is 3. The monoisotopic (exact) mass is 338 g/mol. The van der Waals surface area contributed by atoms with E-state index >= 15 is 0 Å². The smallest absolute Gasteiger partial charge is 0.322 e. The van der Waals surface area contributed by atoms with Gasteiger partial charge in [0.15, 0.2) is 0 Å². The van der Waals surface area contributed by atoms with Crippen molar-refractivity contribution in [2.24, 2.45) is 0 Å². The number of rotatable bonds is 4. The molecule has 25 heavy (non-hydrogen) atoms. The van der Waals surface area contributed by atoms with Crippen LogP contribution < -0.4 is 15.5 Å². The normalized spacial score (nSPS) is 15.6. The van der Waals surface area contributed by atoms with Gasteiger partial charge in [0.2, 0.25) is 5.91 Å². The van der Waals surface area contributed by atoms with Crippen LogP contribution in [0.2, 0.25) is 0 Å². The summed E-state index contributed by atoms with van der Waals surface area (Å²) in [5.74, 6) is 0.343. The Labute approximate surface area is 147 Å². The van der Waals surface area contributed by atoms with Crippen molar-refractivity contribution >= 4 is 23.4 Å². The minimum atomic E-state index is -0.175. The summed E-state index contributed by atoms with van der Waals surface area (Å²) in [6.45, 7) is 4.24. The molecular weight excluding hydrogens is 316 g/mol. The Bertz CT molecular complexity index is 773. The van der Waals surface area contributed by atoms with Crippen molar-refractivity contribution in [1.29, 1.82) is 0 Å². The van der Waals surface area contributed by atoms with E-state index in [0.29, 0.717) is 5.82 Å². The molecule has 2 aromatic rings. The number of aromatic nitrogens is 1. The van der Waals surface area contributed by atoms with Crippen molar-refractivity contribution < 1.29 is 9.59 Å². The van der Waals surface area contributed by atoms with E-state index in [1.165, 1.54) is 5.56 Å². The van der Waals surface area contributed by atoms with E-state index in [4.69, 9.17) is 0 Å². The van der Waals surface area contributed by atoms with Crippen molar-refractivity contribution in [3.8, 4) is 0 Å². The van der Waals surface area contributed by atoms with Crippen molar-refractivity contribution in [1.82, 2.24) is 10.3 Å². The van der Waals surface area contributed by atoms with Crippen LogP contribution in [0, 0.1) is 6.92 Å². The van der Waals surface area contributed by atoms with Gasteiger partial charge in [-0.05, 0) is 43.5 Å². The first-order valence-electron chi connectivity index (χ1n) is 8.42. The molecule has 0 bridgehead atoms. The van der Waals surface area contributed by atoms with E-state index in [2.05, 4.69) is 15.6 Å². The molecule has 130 valence electrons. The van der Waals surface area contributed by atoms with Crippen LogP contribution in [0.3, 0.4) is 0 Å². The number of anilines is 2. The van der Waals surface area contributed by atoms with E-state index in [-0.39, 0.29) is 30.9 Å². The van der Waals surface area contributed by atoms with Gasteiger partial charge in [-0.15, -0.1) is 0 Å². The van der Waals surface area contributed by atoms with Crippen molar-refractivity contribution in [2.75, 3.05) is 16.8 Å². The number of hydrogen-bond donors (Lipinski definition) is 2. The number of nitrogens with one attached hydrogen (secondary N) is 2. The fourth-order valence-corrected chi connectivity index (χ4v) is 2.99. The third-order valence-corrected chi connectivity index (χ3v) is 4.23. The van der Waals surface area contributed by atoms with Crippen LogP contribution in [0.4, 0.5) is 16.3 Å². The summed E-state index contributed by atoms with van der Waals surface area (Å²) in [5, 5.41) is 5.55. The first kappa shape index (κ1) is 17.0. The number of carbonyl (C=O) groups excluding carboxylic acids is 2. The van der Waals surface area contributed by atoms with E-state index < -0.39 is 0 Å². The van der Waals surface area contributed by atoms with Gasteiger partial charge in [-0.25, -0.2) is 9.78 Å². The lowest BCUT2D eigenvalue weighted by Crippen LogP contribution is -2.44. The molecule has 0 saturated heterocycles. The highest BCUT2D eigenvalue weighted by Gasteiger charge is 2.30. The number of amides is 3. The number of nitrogens with zero attached hydrogens (tertiary/aromatic N) is 2. The molecule has 6 nitrogen and oxygen atoms in total. The lowest BCUT2D eigenvalue weighted by atomic mass is 10.1. The van der Waals surface area contributed by atoms with E-state index in [1.807, 2.05) is 44.2 Å². The quantitative estimate of drug-likeness (QED) is 0.900. The summed E-state index contributed by atoms with van der Waals surface area (Å²) in [4.78, 5) is 30.3. The molecule has 0 fully saturated rings. The standard InChI is InChI=1S/C19H22N4O2/c1-13-7-8-17(21-12-13)22-18(24)9-10-20-19(25)23-14(2)11-15-5-3-4-6-16(15)23/h3-8,12,14H,9-11H2,1-2H3,(H,20,25)(H,21,22,24). The van der Waals surface area contributed by atoms with Crippen molar-refractivity contribution in [3.05, 3.63) is 53.7 Å². The van der Waals surface area contributed by atoms with Crippen molar-refractivity contribution in [3.63, 3.8) is 0 Å². The largest absolute Gasteiger partial charge is 0.337 e. The molecule has 0 spiro atoms. The number of pyridine rings is 1. The number of para-hydroxylation sites is 1. The summed E-state index contributed by atoms with van der Waals surface area (Å²) >= 11 is 0. The van der Waals surface area contributed by atoms with Crippen LogP contribution in [-0.2, 0) is 11.2 Å². The van der Waals surface area contributed by atoms with Gasteiger partial charge < -0.3 is 10.6 Å². The minimum Gasteiger partial charge on any atom is -0.337 e. The number of urea groups is 1. The van der Waals surface area contributed by atoms with Crippen LogP contribution in [-0.4, -0.2) is 29.5 Å². The molecule has 1 aromatic heterocycles. The molecular formula is C19H22N4O2. The van der Waals surface area contributed by atoms with Gasteiger partial charge in [0, 0.05) is 30.9 Å². The Balaban J connectivity index is 1.49. The van der Waals surface area contributed by atoms with Crippen LogP contribution in [0.5, 0.6) is 0 Å². The van der Waals surface area contributed by atoms with E-state index in [9.17, 15) is 9.59 Å². The lowest BCUT2D eigenvalue weighted by molar-refractivity contribution is -0.116. The van der Waals surface area contributed by atoms with E-state index in [0.717, 1.165) is 17.7 Å². The molecule has 1 aliphatic rings. The molecule has 0 radical (unpaired) electrons. The summed E-state index contributed by atoms with van der Waals surface area (Å²) < 4.78 is 0. The maximum atomic E-state index is 12.5. The molecule has 1 unspecified atom stereocenters. The SMILES string of the molecule is Cc1ccc(NC(=O)CCNC(=O)N2c3ccccc3CC2C)nc1. The first-order valence-corrected chi connectivity index (χ1v) is 8.42. The third-order valence-electron chi connectivity index (χ3n) is 4.23. The molecule has 0 saturated carbocycles. The van der Waals surface area contributed by atoms with Gasteiger partial charge in [-0.1, -0.05) is 24.3 Å². The average Bonchev–Trinajstić information content (AvgIpc) is 2.92. The van der Waals surface area contributed by atoms with Crippen LogP contribution >= 0.6 is 0 Å². The predicted octanol–water partition coefficient (Wildman–Crippen LogP) is 2.88. The predicted molar refractivity (Wildman–Crippen MR) is 97.7 cm³/mol. The highest BCUT2D eigenvalue weighted by atomic mass is 16.2. The second-order valence-corrected chi connectivity index (χ2v) is 6.30. The molecule has 3 amide bonds. The molecule has 6 heteroatoms. The maximum absolute atomic E-state index is 12.5. The minimum absolute atomic E-state index is 0.114. The van der Waals surface area contributed by atoms with E-state index in [1.54, 1.807) is 17.2 Å².